The Morgan fingerprint density at radius 3 is 2.40 bits per heavy atom. The summed E-state index contributed by atoms with van der Waals surface area (Å²) in [6.45, 7) is 2.01. The highest BCUT2D eigenvalue weighted by Gasteiger charge is 2.21. The van der Waals surface area contributed by atoms with E-state index < -0.39 is 0 Å². The number of nitriles is 1. The predicted octanol–water partition coefficient (Wildman–Crippen LogP) is 4.11. The molecule has 124 valence electrons. The maximum Gasteiger partial charge on any atom is 0.256 e. The van der Waals surface area contributed by atoms with Gasteiger partial charge < -0.3 is 5.32 Å². The van der Waals surface area contributed by atoms with Gasteiger partial charge in [0.2, 0.25) is 0 Å². The first-order valence-electron chi connectivity index (χ1n) is 7.82. The van der Waals surface area contributed by atoms with Crippen LogP contribution in [0.1, 0.15) is 22.8 Å². The molecule has 0 saturated carbocycles. The highest BCUT2D eigenvalue weighted by molar-refractivity contribution is 7.99. The standard InChI is InChI=1S/C19H16N4OS/c1-2-25-19-16(13-20)17(21-18(24)14-9-5-3-6-10-14)22-23(19)15-11-7-4-8-12-15/h3-12H,2H2,1H3,(H,21,22,24). The summed E-state index contributed by atoms with van der Waals surface area (Å²) in [5, 5.41) is 17.6. The lowest BCUT2D eigenvalue weighted by molar-refractivity contribution is 0.102. The molecule has 0 bridgehead atoms. The van der Waals surface area contributed by atoms with E-state index in [1.807, 2.05) is 43.3 Å². The van der Waals surface area contributed by atoms with Crippen molar-refractivity contribution in [3.8, 4) is 11.8 Å². The third-order valence-electron chi connectivity index (χ3n) is 3.50. The van der Waals surface area contributed by atoms with E-state index in [4.69, 9.17) is 0 Å². The van der Waals surface area contributed by atoms with Crippen LogP contribution in [0, 0.1) is 11.3 Å². The Bertz CT molecular complexity index is 914. The molecule has 0 aliphatic rings. The van der Waals surface area contributed by atoms with Gasteiger partial charge in [0.05, 0.1) is 5.69 Å². The maximum absolute atomic E-state index is 12.4. The average molecular weight is 348 g/mol. The second kappa shape index (κ2) is 7.69. The van der Waals surface area contributed by atoms with Crippen LogP contribution in [0.4, 0.5) is 5.82 Å². The molecule has 0 spiro atoms. The molecule has 0 radical (unpaired) electrons. The number of nitrogens with zero attached hydrogens (tertiary/aromatic N) is 3. The van der Waals surface area contributed by atoms with E-state index in [0.29, 0.717) is 11.1 Å². The largest absolute Gasteiger partial charge is 0.304 e. The number of hydrogen-bond donors (Lipinski definition) is 1. The first-order valence-corrected chi connectivity index (χ1v) is 8.81. The van der Waals surface area contributed by atoms with Crippen LogP contribution in [-0.4, -0.2) is 21.4 Å². The average Bonchev–Trinajstić information content (AvgIpc) is 3.00. The minimum atomic E-state index is -0.289. The molecule has 3 aromatic rings. The van der Waals surface area contributed by atoms with E-state index in [0.717, 1.165) is 16.5 Å². The van der Waals surface area contributed by atoms with E-state index in [1.54, 1.807) is 28.9 Å². The number of aromatic nitrogens is 2. The lowest BCUT2D eigenvalue weighted by Crippen LogP contribution is -2.13. The van der Waals surface area contributed by atoms with Crippen molar-refractivity contribution in [2.24, 2.45) is 0 Å². The minimum absolute atomic E-state index is 0.274. The van der Waals surface area contributed by atoms with Crippen molar-refractivity contribution in [2.75, 3.05) is 11.1 Å². The number of rotatable bonds is 5. The zero-order valence-electron chi connectivity index (χ0n) is 13.6. The number of hydrogen-bond acceptors (Lipinski definition) is 4. The summed E-state index contributed by atoms with van der Waals surface area (Å²) in [7, 11) is 0. The quantitative estimate of drug-likeness (QED) is 0.705. The van der Waals surface area contributed by atoms with Gasteiger partial charge in [-0.25, -0.2) is 4.68 Å². The molecule has 5 nitrogen and oxygen atoms in total. The maximum atomic E-state index is 12.4. The number of benzene rings is 2. The minimum Gasteiger partial charge on any atom is -0.304 e. The Labute approximate surface area is 150 Å². The van der Waals surface area contributed by atoms with Crippen molar-refractivity contribution in [2.45, 2.75) is 11.9 Å². The molecule has 1 aromatic heterocycles. The summed E-state index contributed by atoms with van der Waals surface area (Å²) >= 11 is 1.52. The normalized spacial score (nSPS) is 10.2. The van der Waals surface area contributed by atoms with Gasteiger partial charge in [0.25, 0.3) is 5.91 Å². The molecule has 1 N–H and O–H groups in total. The molecule has 0 unspecified atom stereocenters. The molecule has 6 heteroatoms. The Kier molecular flexibility index (Phi) is 5.17. The van der Waals surface area contributed by atoms with Crippen LogP contribution in [0.15, 0.2) is 65.7 Å². The van der Waals surface area contributed by atoms with Crippen LogP contribution in [0.2, 0.25) is 0 Å². The molecule has 25 heavy (non-hydrogen) atoms. The SMILES string of the molecule is CCSc1c(C#N)c(NC(=O)c2ccccc2)nn1-c1ccccc1. The molecule has 0 saturated heterocycles. The molecule has 1 amide bonds. The summed E-state index contributed by atoms with van der Waals surface area (Å²) in [4.78, 5) is 12.4. The fourth-order valence-electron chi connectivity index (χ4n) is 2.37. The van der Waals surface area contributed by atoms with E-state index in [9.17, 15) is 10.1 Å². The molecule has 0 aliphatic heterocycles. The van der Waals surface area contributed by atoms with Gasteiger partial charge in [-0.05, 0) is 30.0 Å². The van der Waals surface area contributed by atoms with Crippen molar-refractivity contribution >= 4 is 23.5 Å². The third kappa shape index (κ3) is 3.57. The lowest BCUT2D eigenvalue weighted by Gasteiger charge is -2.05. The van der Waals surface area contributed by atoms with Crippen molar-refractivity contribution in [1.82, 2.24) is 9.78 Å². The summed E-state index contributed by atoms with van der Waals surface area (Å²) < 4.78 is 1.70. The summed E-state index contributed by atoms with van der Waals surface area (Å²) in [6.07, 6.45) is 0. The highest BCUT2D eigenvalue weighted by atomic mass is 32.2. The highest BCUT2D eigenvalue weighted by Crippen LogP contribution is 2.30. The van der Waals surface area contributed by atoms with Gasteiger partial charge in [-0.3, -0.25) is 4.79 Å². The number of carbonyl (C=O) groups excluding carboxylic acids is 1. The van der Waals surface area contributed by atoms with Crippen molar-refractivity contribution in [1.29, 1.82) is 5.26 Å². The molecule has 0 fully saturated rings. The van der Waals surface area contributed by atoms with Crippen LogP contribution in [0.3, 0.4) is 0 Å². The Balaban J connectivity index is 2.02. The Morgan fingerprint density at radius 2 is 1.80 bits per heavy atom. The zero-order chi connectivity index (χ0) is 17.6. The van der Waals surface area contributed by atoms with E-state index in [2.05, 4.69) is 16.5 Å². The summed E-state index contributed by atoms with van der Waals surface area (Å²) in [6, 6.07) is 20.6. The van der Waals surface area contributed by atoms with Gasteiger partial charge >= 0.3 is 0 Å². The van der Waals surface area contributed by atoms with E-state index in [-0.39, 0.29) is 11.7 Å². The number of para-hydroxylation sites is 1. The molecular formula is C19H16N4OS. The summed E-state index contributed by atoms with van der Waals surface area (Å²) in [5.41, 5.74) is 1.74. The second-order valence-electron chi connectivity index (χ2n) is 5.14. The Morgan fingerprint density at radius 1 is 1.16 bits per heavy atom. The smallest absolute Gasteiger partial charge is 0.256 e. The predicted molar refractivity (Wildman–Crippen MR) is 99.1 cm³/mol. The van der Waals surface area contributed by atoms with Crippen LogP contribution >= 0.6 is 11.8 Å². The van der Waals surface area contributed by atoms with Crippen LogP contribution in [0.25, 0.3) is 5.69 Å². The van der Waals surface area contributed by atoms with Gasteiger partial charge in [0.1, 0.15) is 16.7 Å². The van der Waals surface area contributed by atoms with Gasteiger partial charge in [-0.15, -0.1) is 16.9 Å². The fraction of sp³-hybridized carbons (Fsp3) is 0.105. The first-order chi connectivity index (χ1) is 12.2. The first kappa shape index (κ1) is 16.8. The number of amides is 1. The zero-order valence-corrected chi connectivity index (χ0v) is 14.5. The topological polar surface area (TPSA) is 70.7 Å². The molecular weight excluding hydrogens is 332 g/mol. The third-order valence-corrected chi connectivity index (χ3v) is 4.44. The van der Waals surface area contributed by atoms with E-state index in [1.165, 1.54) is 11.8 Å². The molecule has 3 rings (SSSR count). The molecule has 0 atom stereocenters. The number of carbonyl (C=O) groups is 1. The van der Waals surface area contributed by atoms with Crippen molar-refractivity contribution < 1.29 is 4.79 Å². The number of anilines is 1. The van der Waals surface area contributed by atoms with Gasteiger partial charge in [0, 0.05) is 5.56 Å². The van der Waals surface area contributed by atoms with Crippen LogP contribution < -0.4 is 5.32 Å². The van der Waals surface area contributed by atoms with Crippen LogP contribution in [-0.2, 0) is 0 Å². The molecule has 0 aliphatic carbocycles. The number of nitrogens with one attached hydrogen (secondary N) is 1. The Hall–Kier alpha value is -3.04. The fourth-order valence-corrected chi connectivity index (χ4v) is 3.20. The summed E-state index contributed by atoms with van der Waals surface area (Å²) in [5.74, 6) is 0.776. The van der Waals surface area contributed by atoms with Crippen molar-refractivity contribution in [3.05, 3.63) is 71.8 Å². The second-order valence-corrected chi connectivity index (χ2v) is 6.39. The lowest BCUT2D eigenvalue weighted by atomic mass is 10.2. The van der Waals surface area contributed by atoms with Crippen molar-refractivity contribution in [3.63, 3.8) is 0 Å². The van der Waals surface area contributed by atoms with Crippen LogP contribution in [0.5, 0.6) is 0 Å². The van der Waals surface area contributed by atoms with Gasteiger partial charge in [-0.2, -0.15) is 5.26 Å². The van der Waals surface area contributed by atoms with Gasteiger partial charge in [-0.1, -0.05) is 43.3 Å². The van der Waals surface area contributed by atoms with Gasteiger partial charge in [0.15, 0.2) is 5.82 Å². The monoisotopic (exact) mass is 348 g/mol. The van der Waals surface area contributed by atoms with E-state index >= 15 is 0 Å². The molecule has 2 aromatic carbocycles. The molecule has 1 heterocycles. The number of thioether (sulfide) groups is 1.